The zero-order chi connectivity index (χ0) is 15.2. The fraction of sp³-hybridized carbons (Fsp3) is 0.611. The topological polar surface area (TPSA) is 44.4 Å². The van der Waals surface area contributed by atoms with Crippen LogP contribution >= 0.6 is 0 Å². The summed E-state index contributed by atoms with van der Waals surface area (Å²) in [5.41, 5.74) is 2.14. The lowest BCUT2D eigenvalue weighted by Crippen LogP contribution is -2.30. The summed E-state index contributed by atoms with van der Waals surface area (Å²) in [6, 6.07) is 8.74. The van der Waals surface area contributed by atoms with Crippen molar-refractivity contribution in [2.75, 3.05) is 29.9 Å². The van der Waals surface area contributed by atoms with E-state index in [0.29, 0.717) is 12.5 Å². The number of nitrogens with one attached hydrogen (secondary N) is 2. The fourth-order valence-electron chi connectivity index (χ4n) is 3.51. The number of hydrogen-bond donors (Lipinski definition) is 2. The van der Waals surface area contributed by atoms with Gasteiger partial charge < -0.3 is 15.5 Å². The molecule has 2 aliphatic rings. The Labute approximate surface area is 133 Å². The molecule has 0 aromatic heterocycles. The summed E-state index contributed by atoms with van der Waals surface area (Å²) < 4.78 is 0. The molecule has 1 unspecified atom stereocenters. The third-order valence-electron chi connectivity index (χ3n) is 4.76. The molecular formula is C18H27N3O. The van der Waals surface area contributed by atoms with E-state index in [1.807, 2.05) is 12.1 Å². The van der Waals surface area contributed by atoms with Gasteiger partial charge in [0.2, 0.25) is 5.91 Å². The lowest BCUT2D eigenvalue weighted by Gasteiger charge is -2.30. The van der Waals surface area contributed by atoms with Crippen LogP contribution in [0.1, 0.15) is 44.9 Å². The van der Waals surface area contributed by atoms with Crippen molar-refractivity contribution in [1.29, 1.82) is 0 Å². The molecule has 1 aromatic rings. The maximum Gasteiger partial charge on any atom is 0.224 e. The summed E-state index contributed by atoms with van der Waals surface area (Å²) in [5.74, 6) is 0.137. The number of rotatable bonds is 5. The minimum atomic E-state index is 0.137. The third-order valence-corrected chi connectivity index (χ3v) is 4.76. The second-order valence-corrected chi connectivity index (χ2v) is 6.44. The van der Waals surface area contributed by atoms with Gasteiger partial charge >= 0.3 is 0 Å². The average Bonchev–Trinajstić information content (AvgIpc) is 3.08. The first-order chi connectivity index (χ1) is 10.8. The number of benzene rings is 1. The Bertz CT molecular complexity index is 491. The molecule has 22 heavy (non-hydrogen) atoms. The van der Waals surface area contributed by atoms with Gasteiger partial charge in [0, 0.05) is 25.6 Å². The molecule has 0 aliphatic carbocycles. The molecule has 0 spiro atoms. The van der Waals surface area contributed by atoms with Gasteiger partial charge in [-0.1, -0.05) is 12.1 Å². The van der Waals surface area contributed by atoms with E-state index >= 15 is 0 Å². The molecule has 2 fully saturated rings. The van der Waals surface area contributed by atoms with Crippen molar-refractivity contribution in [3.05, 3.63) is 24.3 Å². The first kappa shape index (κ1) is 15.3. The van der Waals surface area contributed by atoms with E-state index in [4.69, 9.17) is 0 Å². The SMILES string of the molecule is O=C(CCC1CCCN1)Nc1ccccc1N1CCCCC1. The molecule has 2 aliphatic heterocycles. The monoisotopic (exact) mass is 301 g/mol. The molecule has 2 heterocycles. The van der Waals surface area contributed by atoms with Gasteiger partial charge in [-0.3, -0.25) is 4.79 Å². The lowest BCUT2D eigenvalue weighted by atomic mass is 10.1. The van der Waals surface area contributed by atoms with Crippen LogP contribution in [0.5, 0.6) is 0 Å². The van der Waals surface area contributed by atoms with Crippen molar-refractivity contribution < 1.29 is 4.79 Å². The molecular weight excluding hydrogens is 274 g/mol. The number of hydrogen-bond acceptors (Lipinski definition) is 3. The van der Waals surface area contributed by atoms with Crippen LogP contribution in [0.3, 0.4) is 0 Å². The highest BCUT2D eigenvalue weighted by Gasteiger charge is 2.17. The Kier molecular flexibility index (Phi) is 5.33. The van der Waals surface area contributed by atoms with E-state index in [2.05, 4.69) is 27.7 Å². The van der Waals surface area contributed by atoms with E-state index in [1.165, 1.54) is 37.8 Å². The normalized spacial score (nSPS) is 21.8. The maximum atomic E-state index is 12.2. The van der Waals surface area contributed by atoms with Crippen LogP contribution in [0, 0.1) is 0 Å². The van der Waals surface area contributed by atoms with E-state index < -0.39 is 0 Å². The molecule has 4 nitrogen and oxygen atoms in total. The maximum absolute atomic E-state index is 12.2. The largest absolute Gasteiger partial charge is 0.370 e. The van der Waals surface area contributed by atoms with Gasteiger partial charge in [0.1, 0.15) is 0 Å². The Balaban J connectivity index is 1.57. The summed E-state index contributed by atoms with van der Waals surface area (Å²) in [4.78, 5) is 14.6. The minimum absolute atomic E-state index is 0.137. The smallest absolute Gasteiger partial charge is 0.224 e. The van der Waals surface area contributed by atoms with Crippen LogP contribution in [-0.2, 0) is 4.79 Å². The molecule has 3 rings (SSSR count). The second kappa shape index (κ2) is 7.63. The van der Waals surface area contributed by atoms with Crippen molar-refractivity contribution in [3.63, 3.8) is 0 Å². The molecule has 1 atom stereocenters. The van der Waals surface area contributed by atoms with Crippen molar-refractivity contribution in [1.82, 2.24) is 5.32 Å². The predicted molar refractivity (Wildman–Crippen MR) is 91.4 cm³/mol. The summed E-state index contributed by atoms with van der Waals surface area (Å²) in [6.45, 7) is 3.29. The van der Waals surface area contributed by atoms with Crippen LogP contribution in [0.25, 0.3) is 0 Å². The van der Waals surface area contributed by atoms with Crippen LogP contribution < -0.4 is 15.5 Å². The molecule has 0 saturated carbocycles. The molecule has 120 valence electrons. The summed E-state index contributed by atoms with van der Waals surface area (Å²) in [7, 11) is 0. The van der Waals surface area contributed by atoms with Crippen molar-refractivity contribution in [3.8, 4) is 0 Å². The number of piperidine rings is 1. The number of para-hydroxylation sites is 2. The highest BCUT2D eigenvalue weighted by molar-refractivity contribution is 5.94. The Hall–Kier alpha value is -1.55. The quantitative estimate of drug-likeness (QED) is 0.878. The number of anilines is 2. The highest BCUT2D eigenvalue weighted by Crippen LogP contribution is 2.28. The molecule has 4 heteroatoms. The van der Waals surface area contributed by atoms with Gasteiger partial charge in [-0.2, -0.15) is 0 Å². The summed E-state index contributed by atoms with van der Waals surface area (Å²) in [6.07, 6.45) is 7.80. The van der Waals surface area contributed by atoms with Crippen LogP contribution in [0.15, 0.2) is 24.3 Å². The zero-order valence-corrected chi connectivity index (χ0v) is 13.3. The second-order valence-electron chi connectivity index (χ2n) is 6.44. The molecule has 0 radical (unpaired) electrons. The van der Waals surface area contributed by atoms with Crippen molar-refractivity contribution in [2.45, 2.75) is 51.0 Å². The van der Waals surface area contributed by atoms with E-state index in [9.17, 15) is 4.79 Å². The molecule has 1 amide bonds. The molecule has 2 saturated heterocycles. The standard InChI is InChI=1S/C18H27N3O/c22-18(11-10-15-7-6-12-19-15)20-16-8-2-3-9-17(16)21-13-4-1-5-14-21/h2-3,8-9,15,19H,1,4-7,10-14H2,(H,20,22). The fourth-order valence-corrected chi connectivity index (χ4v) is 3.51. The third kappa shape index (κ3) is 4.01. The van der Waals surface area contributed by atoms with Crippen LogP contribution in [-0.4, -0.2) is 31.6 Å². The molecule has 1 aromatic carbocycles. The zero-order valence-electron chi connectivity index (χ0n) is 13.3. The predicted octanol–water partition coefficient (Wildman–Crippen LogP) is 3.15. The van der Waals surface area contributed by atoms with Gasteiger partial charge in [0.25, 0.3) is 0 Å². The van der Waals surface area contributed by atoms with Gasteiger partial charge in [0.15, 0.2) is 0 Å². The number of carbonyl (C=O) groups excluding carboxylic acids is 1. The molecule has 2 N–H and O–H groups in total. The Morgan fingerprint density at radius 2 is 2.00 bits per heavy atom. The first-order valence-corrected chi connectivity index (χ1v) is 8.70. The van der Waals surface area contributed by atoms with Crippen molar-refractivity contribution >= 4 is 17.3 Å². The number of nitrogens with zero attached hydrogens (tertiary/aromatic N) is 1. The highest BCUT2D eigenvalue weighted by atomic mass is 16.1. The van der Waals surface area contributed by atoms with Crippen LogP contribution in [0.2, 0.25) is 0 Å². The van der Waals surface area contributed by atoms with Crippen LogP contribution in [0.4, 0.5) is 11.4 Å². The molecule has 0 bridgehead atoms. The number of carbonyl (C=O) groups is 1. The van der Waals surface area contributed by atoms with Gasteiger partial charge in [-0.25, -0.2) is 0 Å². The van der Waals surface area contributed by atoms with Crippen molar-refractivity contribution in [2.24, 2.45) is 0 Å². The number of amides is 1. The van der Waals surface area contributed by atoms with E-state index in [-0.39, 0.29) is 5.91 Å². The first-order valence-electron chi connectivity index (χ1n) is 8.70. The summed E-state index contributed by atoms with van der Waals surface area (Å²) >= 11 is 0. The minimum Gasteiger partial charge on any atom is -0.370 e. The van der Waals surface area contributed by atoms with Gasteiger partial charge in [-0.05, 0) is 57.2 Å². The van der Waals surface area contributed by atoms with Gasteiger partial charge in [0.05, 0.1) is 11.4 Å². The lowest BCUT2D eigenvalue weighted by molar-refractivity contribution is -0.116. The van der Waals surface area contributed by atoms with Gasteiger partial charge in [-0.15, -0.1) is 0 Å². The van der Waals surface area contributed by atoms with E-state index in [1.54, 1.807) is 0 Å². The average molecular weight is 301 g/mol. The summed E-state index contributed by atoms with van der Waals surface area (Å²) in [5, 5.41) is 6.57. The van der Waals surface area contributed by atoms with E-state index in [0.717, 1.165) is 31.7 Å². The Morgan fingerprint density at radius 3 is 2.77 bits per heavy atom. The Morgan fingerprint density at radius 1 is 1.18 bits per heavy atom.